The Kier molecular flexibility index (Phi) is 6.74. The highest BCUT2D eigenvalue weighted by Crippen LogP contribution is 2.31. The molecule has 150 valence electrons. The van der Waals surface area contributed by atoms with Gasteiger partial charge in [-0.25, -0.2) is 9.59 Å². The number of aliphatic carboxylic acids is 1. The van der Waals surface area contributed by atoms with Gasteiger partial charge in [0.2, 0.25) is 5.91 Å². The first-order chi connectivity index (χ1) is 12.6. The van der Waals surface area contributed by atoms with Gasteiger partial charge in [0.1, 0.15) is 17.7 Å². The van der Waals surface area contributed by atoms with E-state index in [9.17, 15) is 19.5 Å². The van der Waals surface area contributed by atoms with E-state index in [-0.39, 0.29) is 5.92 Å². The topological polar surface area (TPSA) is 95.9 Å². The molecule has 0 unspecified atom stereocenters. The molecule has 0 spiro atoms. The number of rotatable bonds is 4. The largest absolute Gasteiger partial charge is 0.480 e. The molecule has 1 aliphatic heterocycles. The van der Waals surface area contributed by atoms with Crippen LogP contribution in [0.1, 0.15) is 65.7 Å². The minimum absolute atomic E-state index is 0.0489. The summed E-state index contributed by atoms with van der Waals surface area (Å²) in [5.74, 6) is 0.993. The first kappa shape index (κ1) is 21.1. The van der Waals surface area contributed by atoms with E-state index in [1.165, 1.54) is 4.90 Å². The van der Waals surface area contributed by atoms with Crippen molar-refractivity contribution in [3.63, 3.8) is 0 Å². The lowest BCUT2D eigenvalue weighted by Gasteiger charge is -2.35. The Balaban J connectivity index is 2.25. The van der Waals surface area contributed by atoms with E-state index in [0.717, 1.165) is 32.1 Å². The van der Waals surface area contributed by atoms with E-state index >= 15 is 0 Å². The number of ether oxygens (including phenoxy) is 1. The maximum atomic E-state index is 13.3. The Morgan fingerprint density at radius 1 is 1.15 bits per heavy atom. The molecule has 2 aliphatic rings. The summed E-state index contributed by atoms with van der Waals surface area (Å²) in [7, 11) is 0. The van der Waals surface area contributed by atoms with E-state index in [1.54, 1.807) is 20.8 Å². The van der Waals surface area contributed by atoms with Gasteiger partial charge in [-0.3, -0.25) is 4.79 Å². The Labute approximate surface area is 160 Å². The molecule has 1 saturated carbocycles. The normalized spacial score (nSPS) is 24.7. The predicted molar refractivity (Wildman–Crippen MR) is 99.9 cm³/mol. The molecule has 7 nitrogen and oxygen atoms in total. The third-order valence-electron chi connectivity index (χ3n) is 5.18. The number of amides is 2. The lowest BCUT2D eigenvalue weighted by Crippen LogP contribution is -2.57. The van der Waals surface area contributed by atoms with Crippen LogP contribution in [0.4, 0.5) is 4.79 Å². The molecule has 1 saturated heterocycles. The predicted octanol–water partition coefficient (Wildman–Crippen LogP) is 2.54. The first-order valence-electron chi connectivity index (χ1n) is 9.64. The van der Waals surface area contributed by atoms with Crippen LogP contribution in [0.25, 0.3) is 0 Å². The molecule has 0 aromatic rings. The number of carbonyl (C=O) groups is 3. The van der Waals surface area contributed by atoms with Crippen molar-refractivity contribution in [3.05, 3.63) is 0 Å². The van der Waals surface area contributed by atoms with Crippen molar-refractivity contribution in [1.82, 2.24) is 10.2 Å². The van der Waals surface area contributed by atoms with Crippen molar-refractivity contribution in [2.24, 2.45) is 5.92 Å². The summed E-state index contributed by atoms with van der Waals surface area (Å²) < 4.78 is 5.32. The molecular weight excluding hydrogens is 348 g/mol. The minimum Gasteiger partial charge on any atom is -0.480 e. The van der Waals surface area contributed by atoms with Crippen LogP contribution < -0.4 is 5.32 Å². The van der Waals surface area contributed by atoms with Gasteiger partial charge in [0, 0.05) is 0 Å². The van der Waals surface area contributed by atoms with Crippen molar-refractivity contribution >= 4 is 18.0 Å². The van der Waals surface area contributed by atoms with Crippen LogP contribution in [-0.4, -0.2) is 51.7 Å². The minimum atomic E-state index is -1.07. The highest BCUT2D eigenvalue weighted by Gasteiger charge is 2.45. The fraction of sp³-hybridized carbons (Fsp3) is 0.750. The van der Waals surface area contributed by atoms with E-state index in [2.05, 4.69) is 11.2 Å². The number of nitrogens with zero attached hydrogens (tertiary/aromatic N) is 1. The van der Waals surface area contributed by atoms with Crippen LogP contribution in [0.3, 0.4) is 0 Å². The Bertz CT molecular complexity index is 613. The molecule has 2 rings (SSSR count). The van der Waals surface area contributed by atoms with Gasteiger partial charge >= 0.3 is 12.1 Å². The van der Waals surface area contributed by atoms with E-state index in [4.69, 9.17) is 11.2 Å². The summed E-state index contributed by atoms with van der Waals surface area (Å²) in [5, 5.41) is 12.2. The van der Waals surface area contributed by atoms with Gasteiger partial charge in [-0.15, -0.1) is 6.42 Å². The van der Waals surface area contributed by atoms with Crippen LogP contribution in [0.2, 0.25) is 0 Å². The van der Waals surface area contributed by atoms with Crippen LogP contribution in [0.15, 0.2) is 0 Å². The number of hydrogen-bond acceptors (Lipinski definition) is 4. The molecule has 0 bridgehead atoms. The molecule has 0 aromatic heterocycles. The zero-order chi connectivity index (χ0) is 20.2. The maximum absolute atomic E-state index is 13.3. The number of nitrogens with one attached hydrogen (secondary N) is 1. The van der Waals surface area contributed by atoms with Crippen molar-refractivity contribution in [3.8, 4) is 12.3 Å². The molecular formula is C20H30N2O5. The lowest BCUT2D eigenvalue weighted by atomic mass is 9.83. The van der Waals surface area contributed by atoms with Crippen molar-refractivity contribution in [2.75, 3.05) is 0 Å². The second-order valence-corrected chi connectivity index (χ2v) is 8.38. The molecule has 2 amide bonds. The van der Waals surface area contributed by atoms with Crippen molar-refractivity contribution < 1.29 is 24.2 Å². The van der Waals surface area contributed by atoms with E-state index in [0.29, 0.717) is 12.8 Å². The van der Waals surface area contributed by atoms with Gasteiger partial charge in [0.15, 0.2) is 0 Å². The van der Waals surface area contributed by atoms with Gasteiger partial charge in [0.05, 0.1) is 6.04 Å². The Morgan fingerprint density at radius 2 is 1.78 bits per heavy atom. The summed E-state index contributed by atoms with van der Waals surface area (Å²) in [4.78, 5) is 38.6. The Morgan fingerprint density at radius 3 is 2.30 bits per heavy atom. The monoisotopic (exact) mass is 378 g/mol. The average molecular weight is 378 g/mol. The molecule has 2 N–H and O–H groups in total. The molecule has 1 heterocycles. The van der Waals surface area contributed by atoms with Crippen molar-refractivity contribution in [1.29, 1.82) is 0 Å². The highest BCUT2D eigenvalue weighted by molar-refractivity contribution is 5.90. The second kappa shape index (κ2) is 8.64. The highest BCUT2D eigenvalue weighted by atomic mass is 16.6. The molecule has 3 atom stereocenters. The van der Waals surface area contributed by atoms with Crippen LogP contribution >= 0.6 is 0 Å². The average Bonchev–Trinajstić information content (AvgIpc) is 3.02. The first-order valence-corrected chi connectivity index (χ1v) is 9.64. The molecule has 2 fully saturated rings. The molecule has 0 radical (unpaired) electrons. The number of likely N-dealkylation sites (tertiary alicyclic amines) is 1. The Hall–Kier alpha value is -2.23. The summed E-state index contributed by atoms with van der Waals surface area (Å²) in [5.41, 5.74) is -0.692. The van der Waals surface area contributed by atoms with Gasteiger partial charge in [-0.2, -0.15) is 0 Å². The number of carboxylic acid groups (broad SMARTS) is 1. The fourth-order valence-corrected chi connectivity index (χ4v) is 3.97. The quantitative estimate of drug-likeness (QED) is 0.733. The van der Waals surface area contributed by atoms with Crippen LogP contribution in [0.5, 0.6) is 0 Å². The fourth-order valence-electron chi connectivity index (χ4n) is 3.97. The number of alkyl carbamates (subject to hydrolysis) is 1. The summed E-state index contributed by atoms with van der Waals surface area (Å²) in [6.07, 6.45) is 10.3. The van der Waals surface area contributed by atoms with Gasteiger partial charge in [0.25, 0.3) is 0 Å². The molecule has 27 heavy (non-hydrogen) atoms. The van der Waals surface area contributed by atoms with E-state index in [1.807, 2.05) is 0 Å². The molecule has 0 aromatic carbocycles. The molecule has 1 aliphatic carbocycles. The standard InChI is InChI=1S/C20H30N2O5/c1-5-14-11-12-15(18(24)25)22(14)17(23)16(13-9-7-6-8-10-13)21-19(26)27-20(2,3)4/h1,13-16H,6-12H2,2-4H3,(H,21,26)(H,24,25)/t14-,15-,16-/m0/s1. The van der Waals surface area contributed by atoms with Crippen molar-refractivity contribution in [2.45, 2.75) is 89.4 Å². The lowest BCUT2D eigenvalue weighted by molar-refractivity contribution is -0.150. The zero-order valence-corrected chi connectivity index (χ0v) is 16.4. The van der Waals surface area contributed by atoms with Gasteiger partial charge < -0.3 is 20.1 Å². The van der Waals surface area contributed by atoms with E-state index < -0.39 is 41.7 Å². The van der Waals surface area contributed by atoms with Crippen LogP contribution in [0, 0.1) is 18.3 Å². The number of hydrogen-bond donors (Lipinski definition) is 2. The number of carbonyl (C=O) groups excluding carboxylic acids is 2. The summed E-state index contributed by atoms with van der Waals surface area (Å²) in [6.45, 7) is 5.25. The molecule has 7 heteroatoms. The maximum Gasteiger partial charge on any atom is 0.408 e. The smallest absolute Gasteiger partial charge is 0.408 e. The van der Waals surface area contributed by atoms with Gasteiger partial charge in [-0.1, -0.05) is 25.2 Å². The zero-order valence-electron chi connectivity index (χ0n) is 16.4. The SMILES string of the molecule is C#C[C@H]1CC[C@@H](C(=O)O)N1C(=O)[C@@H](NC(=O)OC(C)(C)C)C1CCCCC1. The number of terminal acetylenes is 1. The second-order valence-electron chi connectivity index (χ2n) is 8.38. The number of carboxylic acids is 1. The summed E-state index contributed by atoms with van der Waals surface area (Å²) >= 11 is 0. The third kappa shape index (κ3) is 5.38. The van der Waals surface area contributed by atoms with Gasteiger partial charge in [-0.05, 0) is 52.4 Å². The third-order valence-corrected chi connectivity index (χ3v) is 5.18. The summed E-state index contributed by atoms with van der Waals surface area (Å²) in [6, 6.07) is -2.34. The van der Waals surface area contributed by atoms with Crippen LogP contribution in [-0.2, 0) is 14.3 Å².